The normalized spacial score (nSPS) is 11.5. The molecule has 5 heteroatoms. The first-order valence-corrected chi connectivity index (χ1v) is 8.84. The molecule has 2 aromatic rings. The van der Waals surface area contributed by atoms with Gasteiger partial charge in [0.15, 0.2) is 5.69 Å². The van der Waals surface area contributed by atoms with Crippen LogP contribution in [0.4, 0.5) is 5.69 Å². The summed E-state index contributed by atoms with van der Waals surface area (Å²) >= 11 is 5.87. The van der Waals surface area contributed by atoms with E-state index in [0.717, 1.165) is 31.5 Å². The van der Waals surface area contributed by atoms with Crippen molar-refractivity contribution >= 4 is 23.2 Å². The Morgan fingerprint density at radius 1 is 1.21 bits per heavy atom. The van der Waals surface area contributed by atoms with Crippen LogP contribution in [0.5, 0.6) is 0 Å². The number of carbonyl (C=O) groups is 1. The summed E-state index contributed by atoms with van der Waals surface area (Å²) in [6.07, 6.45) is 3.39. The predicted molar refractivity (Wildman–Crippen MR) is 99.9 cm³/mol. The Kier molecular flexibility index (Phi) is 6.05. The van der Waals surface area contributed by atoms with Crippen molar-refractivity contribution in [1.29, 1.82) is 0 Å². The molecule has 1 amide bonds. The number of aromatic nitrogens is 2. The summed E-state index contributed by atoms with van der Waals surface area (Å²) in [7, 11) is 0. The zero-order valence-corrected chi connectivity index (χ0v) is 15.7. The second-order valence-electron chi connectivity index (χ2n) is 7.06. The third kappa shape index (κ3) is 4.84. The second-order valence-corrected chi connectivity index (χ2v) is 7.49. The summed E-state index contributed by atoms with van der Waals surface area (Å²) in [4.78, 5) is 12.5. The van der Waals surface area contributed by atoms with E-state index in [2.05, 4.69) is 38.1 Å². The first-order chi connectivity index (χ1) is 11.3. The van der Waals surface area contributed by atoms with Gasteiger partial charge in [0.05, 0.1) is 0 Å². The van der Waals surface area contributed by atoms with Gasteiger partial charge >= 0.3 is 0 Å². The molecule has 1 aromatic heterocycles. The van der Waals surface area contributed by atoms with E-state index in [4.69, 9.17) is 11.6 Å². The van der Waals surface area contributed by atoms with Crippen molar-refractivity contribution in [3.8, 4) is 0 Å². The number of anilines is 1. The summed E-state index contributed by atoms with van der Waals surface area (Å²) < 4.78 is 1.98. The van der Waals surface area contributed by atoms with Crippen LogP contribution in [0.3, 0.4) is 0 Å². The molecular formula is C19H26ClN3O. The fourth-order valence-electron chi connectivity index (χ4n) is 2.54. The molecule has 0 saturated carbocycles. The van der Waals surface area contributed by atoms with E-state index in [0.29, 0.717) is 16.4 Å². The minimum absolute atomic E-state index is 0.0575. The van der Waals surface area contributed by atoms with Gasteiger partial charge in [0, 0.05) is 28.4 Å². The SMILES string of the molecule is CCCCCn1nc(C(=O)Nc2ccc(Cl)cc2)cc1C(C)(C)C. The molecule has 0 atom stereocenters. The van der Waals surface area contributed by atoms with Gasteiger partial charge in [-0.05, 0) is 36.8 Å². The molecule has 0 spiro atoms. The molecule has 0 unspecified atom stereocenters. The average Bonchev–Trinajstić information content (AvgIpc) is 2.94. The Labute approximate surface area is 149 Å². The zero-order chi connectivity index (χ0) is 17.7. The Balaban J connectivity index is 2.19. The predicted octanol–water partition coefficient (Wildman–Crippen LogP) is 5.28. The number of nitrogens with zero attached hydrogens (tertiary/aromatic N) is 2. The fraction of sp³-hybridized carbons (Fsp3) is 0.474. The van der Waals surface area contributed by atoms with Crippen LogP contribution in [0.1, 0.15) is 63.1 Å². The van der Waals surface area contributed by atoms with Crippen LogP contribution in [-0.4, -0.2) is 15.7 Å². The number of rotatable bonds is 6. The lowest BCUT2D eigenvalue weighted by Crippen LogP contribution is -2.18. The van der Waals surface area contributed by atoms with Gasteiger partial charge in [-0.2, -0.15) is 5.10 Å². The first kappa shape index (κ1) is 18.5. The highest BCUT2D eigenvalue weighted by Gasteiger charge is 2.23. The molecule has 1 heterocycles. The molecule has 0 aliphatic carbocycles. The topological polar surface area (TPSA) is 46.9 Å². The molecule has 4 nitrogen and oxygen atoms in total. The van der Waals surface area contributed by atoms with Crippen molar-refractivity contribution in [2.75, 3.05) is 5.32 Å². The van der Waals surface area contributed by atoms with Crippen molar-refractivity contribution in [3.63, 3.8) is 0 Å². The van der Waals surface area contributed by atoms with Crippen LogP contribution < -0.4 is 5.32 Å². The van der Waals surface area contributed by atoms with Crippen LogP contribution in [0.25, 0.3) is 0 Å². The quantitative estimate of drug-likeness (QED) is 0.723. The zero-order valence-electron chi connectivity index (χ0n) is 14.9. The lowest BCUT2D eigenvalue weighted by molar-refractivity contribution is 0.102. The number of hydrogen-bond acceptors (Lipinski definition) is 2. The molecule has 1 N–H and O–H groups in total. The lowest BCUT2D eigenvalue weighted by atomic mass is 9.91. The van der Waals surface area contributed by atoms with Crippen molar-refractivity contribution in [2.45, 2.75) is 58.9 Å². The number of amides is 1. The fourth-order valence-corrected chi connectivity index (χ4v) is 2.67. The Bertz CT molecular complexity index is 684. The van der Waals surface area contributed by atoms with Crippen LogP contribution in [0, 0.1) is 0 Å². The van der Waals surface area contributed by atoms with E-state index in [1.165, 1.54) is 0 Å². The smallest absolute Gasteiger partial charge is 0.276 e. The summed E-state index contributed by atoms with van der Waals surface area (Å²) in [6, 6.07) is 8.96. The monoisotopic (exact) mass is 347 g/mol. The van der Waals surface area contributed by atoms with Crippen molar-refractivity contribution < 1.29 is 4.79 Å². The number of benzene rings is 1. The summed E-state index contributed by atoms with van der Waals surface area (Å²) in [6.45, 7) is 9.44. The van der Waals surface area contributed by atoms with Gasteiger partial charge in [0.1, 0.15) is 0 Å². The van der Waals surface area contributed by atoms with E-state index < -0.39 is 0 Å². The largest absolute Gasteiger partial charge is 0.321 e. The van der Waals surface area contributed by atoms with E-state index >= 15 is 0 Å². The number of aryl methyl sites for hydroxylation is 1. The van der Waals surface area contributed by atoms with Gasteiger partial charge in [-0.3, -0.25) is 9.48 Å². The summed E-state index contributed by atoms with van der Waals surface area (Å²) in [5, 5.41) is 8.05. The van der Waals surface area contributed by atoms with Gasteiger partial charge in [-0.25, -0.2) is 0 Å². The summed E-state index contributed by atoms with van der Waals surface area (Å²) in [5.41, 5.74) is 2.19. The molecule has 130 valence electrons. The molecular weight excluding hydrogens is 322 g/mol. The molecule has 0 radical (unpaired) electrons. The Hall–Kier alpha value is -1.81. The Morgan fingerprint density at radius 2 is 1.88 bits per heavy atom. The lowest BCUT2D eigenvalue weighted by Gasteiger charge is -2.20. The number of nitrogens with one attached hydrogen (secondary N) is 1. The van der Waals surface area contributed by atoms with Gasteiger partial charge in [0.25, 0.3) is 5.91 Å². The molecule has 0 aliphatic heterocycles. The van der Waals surface area contributed by atoms with Gasteiger partial charge in [-0.15, -0.1) is 0 Å². The third-order valence-corrected chi connectivity index (χ3v) is 4.11. The van der Waals surface area contributed by atoms with Gasteiger partial charge in [0.2, 0.25) is 0 Å². The molecule has 0 aliphatic rings. The second kappa shape index (κ2) is 7.84. The van der Waals surface area contributed by atoms with Crippen LogP contribution in [-0.2, 0) is 12.0 Å². The maximum Gasteiger partial charge on any atom is 0.276 e. The van der Waals surface area contributed by atoms with E-state index in [-0.39, 0.29) is 11.3 Å². The van der Waals surface area contributed by atoms with Crippen molar-refractivity contribution in [1.82, 2.24) is 9.78 Å². The highest BCUT2D eigenvalue weighted by atomic mass is 35.5. The number of unbranched alkanes of at least 4 members (excludes halogenated alkanes) is 2. The number of halogens is 1. The molecule has 0 fully saturated rings. The van der Waals surface area contributed by atoms with Crippen molar-refractivity contribution in [3.05, 3.63) is 46.7 Å². The van der Waals surface area contributed by atoms with Crippen LogP contribution >= 0.6 is 11.6 Å². The minimum atomic E-state index is -0.197. The third-order valence-electron chi connectivity index (χ3n) is 3.86. The first-order valence-electron chi connectivity index (χ1n) is 8.46. The number of hydrogen-bond donors (Lipinski definition) is 1. The maximum atomic E-state index is 12.5. The maximum absolute atomic E-state index is 12.5. The average molecular weight is 348 g/mol. The Morgan fingerprint density at radius 3 is 2.46 bits per heavy atom. The van der Waals surface area contributed by atoms with Crippen LogP contribution in [0.15, 0.2) is 30.3 Å². The van der Waals surface area contributed by atoms with E-state index in [9.17, 15) is 4.79 Å². The van der Waals surface area contributed by atoms with Gasteiger partial charge in [-0.1, -0.05) is 52.1 Å². The summed E-state index contributed by atoms with van der Waals surface area (Å²) in [5.74, 6) is -0.197. The van der Waals surface area contributed by atoms with Crippen molar-refractivity contribution in [2.24, 2.45) is 0 Å². The van der Waals surface area contributed by atoms with E-state index in [1.807, 2.05) is 10.7 Å². The molecule has 0 saturated heterocycles. The molecule has 0 bridgehead atoms. The minimum Gasteiger partial charge on any atom is -0.321 e. The molecule has 24 heavy (non-hydrogen) atoms. The van der Waals surface area contributed by atoms with Crippen LogP contribution in [0.2, 0.25) is 5.02 Å². The standard InChI is InChI=1S/C19H26ClN3O/c1-5-6-7-12-23-17(19(2,3)4)13-16(22-23)18(24)21-15-10-8-14(20)9-11-15/h8-11,13H,5-7,12H2,1-4H3,(H,21,24). The number of carbonyl (C=O) groups excluding carboxylic acids is 1. The van der Waals surface area contributed by atoms with E-state index in [1.54, 1.807) is 24.3 Å². The highest BCUT2D eigenvalue weighted by molar-refractivity contribution is 6.30. The molecule has 1 aromatic carbocycles. The molecule has 2 rings (SSSR count). The van der Waals surface area contributed by atoms with Gasteiger partial charge < -0.3 is 5.32 Å². The highest BCUT2D eigenvalue weighted by Crippen LogP contribution is 2.24.